The van der Waals surface area contributed by atoms with Crippen molar-refractivity contribution in [2.75, 3.05) is 14.2 Å². The van der Waals surface area contributed by atoms with Crippen molar-refractivity contribution in [1.29, 1.82) is 0 Å². The van der Waals surface area contributed by atoms with Crippen LogP contribution in [0.4, 0.5) is 4.39 Å². The van der Waals surface area contributed by atoms with Crippen LogP contribution in [0.15, 0.2) is 30.3 Å². The number of hydrogen-bond donors (Lipinski definition) is 1. The SMILES string of the molecule is COc1cc(CNC(C)c2cc(F)c(Cl)cc2Cl)cc(OC)c1. The van der Waals surface area contributed by atoms with E-state index in [2.05, 4.69) is 5.32 Å². The smallest absolute Gasteiger partial charge is 0.142 e. The van der Waals surface area contributed by atoms with Crippen LogP contribution in [0.5, 0.6) is 11.5 Å². The molecule has 0 saturated heterocycles. The van der Waals surface area contributed by atoms with Crippen LogP contribution < -0.4 is 14.8 Å². The average Bonchev–Trinajstić information content (AvgIpc) is 2.55. The average molecular weight is 358 g/mol. The molecule has 0 aliphatic rings. The highest BCUT2D eigenvalue weighted by Gasteiger charge is 2.13. The molecule has 23 heavy (non-hydrogen) atoms. The number of benzene rings is 2. The first-order valence-corrected chi connectivity index (χ1v) is 7.80. The molecular weight excluding hydrogens is 340 g/mol. The first kappa shape index (κ1) is 17.9. The van der Waals surface area contributed by atoms with Gasteiger partial charge < -0.3 is 14.8 Å². The molecule has 0 aromatic heterocycles. The summed E-state index contributed by atoms with van der Waals surface area (Å²) in [6.07, 6.45) is 0. The van der Waals surface area contributed by atoms with Crippen molar-refractivity contribution >= 4 is 23.2 Å². The monoisotopic (exact) mass is 357 g/mol. The molecule has 0 radical (unpaired) electrons. The fourth-order valence-corrected chi connectivity index (χ4v) is 2.77. The van der Waals surface area contributed by atoms with Crippen LogP contribution >= 0.6 is 23.2 Å². The summed E-state index contributed by atoms with van der Waals surface area (Å²) in [5.74, 6) is 0.941. The van der Waals surface area contributed by atoms with Crippen LogP contribution in [0.25, 0.3) is 0 Å². The van der Waals surface area contributed by atoms with Gasteiger partial charge in [-0.05, 0) is 42.3 Å². The maximum Gasteiger partial charge on any atom is 0.142 e. The first-order chi connectivity index (χ1) is 10.9. The minimum atomic E-state index is -0.484. The Balaban J connectivity index is 2.13. The van der Waals surface area contributed by atoms with Crippen LogP contribution in [-0.2, 0) is 6.54 Å². The van der Waals surface area contributed by atoms with E-state index in [0.29, 0.717) is 28.6 Å². The zero-order valence-corrected chi connectivity index (χ0v) is 14.6. The van der Waals surface area contributed by atoms with E-state index < -0.39 is 5.82 Å². The minimum Gasteiger partial charge on any atom is -0.497 e. The summed E-state index contributed by atoms with van der Waals surface area (Å²) < 4.78 is 24.1. The number of halogens is 3. The molecular formula is C17H18Cl2FNO2. The molecule has 0 aliphatic carbocycles. The summed E-state index contributed by atoms with van der Waals surface area (Å²) in [5.41, 5.74) is 1.64. The summed E-state index contributed by atoms with van der Waals surface area (Å²) in [5, 5.41) is 3.75. The quantitative estimate of drug-likeness (QED) is 0.737. The van der Waals surface area contributed by atoms with Gasteiger partial charge in [-0.15, -0.1) is 0 Å². The second kappa shape index (κ2) is 7.86. The highest BCUT2D eigenvalue weighted by atomic mass is 35.5. The molecule has 1 unspecified atom stereocenters. The van der Waals surface area contributed by atoms with Crippen molar-refractivity contribution < 1.29 is 13.9 Å². The molecule has 1 N–H and O–H groups in total. The molecule has 0 fully saturated rings. The third-order valence-corrected chi connectivity index (χ3v) is 4.15. The van der Waals surface area contributed by atoms with Crippen molar-refractivity contribution in [3.8, 4) is 11.5 Å². The lowest BCUT2D eigenvalue weighted by atomic mass is 10.1. The fraction of sp³-hybridized carbons (Fsp3) is 0.294. The zero-order valence-electron chi connectivity index (χ0n) is 13.1. The van der Waals surface area contributed by atoms with Gasteiger partial charge in [0, 0.05) is 23.7 Å². The van der Waals surface area contributed by atoms with E-state index in [-0.39, 0.29) is 11.1 Å². The van der Waals surface area contributed by atoms with Crippen LogP contribution in [0.3, 0.4) is 0 Å². The molecule has 3 nitrogen and oxygen atoms in total. The Morgan fingerprint density at radius 2 is 1.61 bits per heavy atom. The summed E-state index contributed by atoms with van der Waals surface area (Å²) >= 11 is 11.9. The molecule has 0 heterocycles. The van der Waals surface area contributed by atoms with Gasteiger partial charge in [0.1, 0.15) is 17.3 Å². The molecule has 0 spiro atoms. The van der Waals surface area contributed by atoms with Gasteiger partial charge in [0.25, 0.3) is 0 Å². The largest absolute Gasteiger partial charge is 0.497 e. The predicted octanol–water partition coefficient (Wildman–Crippen LogP) is 5.00. The molecule has 0 bridgehead atoms. The summed E-state index contributed by atoms with van der Waals surface area (Å²) in [6, 6.07) is 8.25. The minimum absolute atomic E-state index is 0.0171. The van der Waals surface area contributed by atoms with Crippen molar-refractivity contribution in [3.05, 3.63) is 57.3 Å². The van der Waals surface area contributed by atoms with Gasteiger partial charge in [-0.2, -0.15) is 0 Å². The fourth-order valence-electron chi connectivity index (χ4n) is 2.22. The third-order valence-electron chi connectivity index (χ3n) is 3.53. The predicted molar refractivity (Wildman–Crippen MR) is 91.2 cm³/mol. The molecule has 124 valence electrons. The van der Waals surface area contributed by atoms with Crippen molar-refractivity contribution in [2.24, 2.45) is 0 Å². The molecule has 0 aliphatic heterocycles. The van der Waals surface area contributed by atoms with E-state index in [0.717, 1.165) is 5.56 Å². The van der Waals surface area contributed by atoms with Gasteiger partial charge >= 0.3 is 0 Å². The van der Waals surface area contributed by atoms with E-state index in [4.69, 9.17) is 32.7 Å². The van der Waals surface area contributed by atoms with Gasteiger partial charge in [0.15, 0.2) is 0 Å². The second-order valence-electron chi connectivity index (χ2n) is 5.11. The Hall–Kier alpha value is -1.49. The lowest BCUT2D eigenvalue weighted by molar-refractivity contribution is 0.392. The van der Waals surface area contributed by atoms with Gasteiger partial charge in [0.05, 0.1) is 19.2 Å². The highest BCUT2D eigenvalue weighted by Crippen LogP contribution is 2.29. The molecule has 1 atom stereocenters. The Bertz CT molecular complexity index is 672. The maximum atomic E-state index is 13.6. The highest BCUT2D eigenvalue weighted by molar-refractivity contribution is 6.35. The number of hydrogen-bond acceptors (Lipinski definition) is 3. The molecule has 2 rings (SSSR count). The van der Waals surface area contributed by atoms with E-state index in [1.54, 1.807) is 20.3 Å². The normalized spacial score (nSPS) is 12.1. The van der Waals surface area contributed by atoms with Crippen LogP contribution in [0.2, 0.25) is 10.0 Å². The number of methoxy groups -OCH3 is 2. The molecule has 0 saturated carbocycles. The van der Waals surface area contributed by atoms with Gasteiger partial charge in [-0.1, -0.05) is 23.2 Å². The number of ether oxygens (including phenoxy) is 2. The topological polar surface area (TPSA) is 30.5 Å². The van der Waals surface area contributed by atoms with E-state index in [9.17, 15) is 4.39 Å². The van der Waals surface area contributed by atoms with Gasteiger partial charge in [-0.3, -0.25) is 0 Å². The van der Waals surface area contributed by atoms with Crippen molar-refractivity contribution in [2.45, 2.75) is 19.5 Å². The van der Waals surface area contributed by atoms with Crippen molar-refractivity contribution in [1.82, 2.24) is 5.32 Å². The lowest BCUT2D eigenvalue weighted by Crippen LogP contribution is -2.18. The van der Waals surface area contributed by atoms with E-state index in [1.807, 2.05) is 19.1 Å². The first-order valence-electron chi connectivity index (χ1n) is 7.04. The standard InChI is InChI=1S/C17H18Cl2FNO2/c1-10(14-7-17(20)16(19)8-15(14)18)21-9-11-4-12(22-2)6-13(5-11)23-3/h4-8,10,21H,9H2,1-3H3. The van der Waals surface area contributed by atoms with Crippen LogP contribution in [-0.4, -0.2) is 14.2 Å². The van der Waals surface area contributed by atoms with Crippen LogP contribution in [0.1, 0.15) is 24.1 Å². The summed E-state index contributed by atoms with van der Waals surface area (Å²) in [6.45, 7) is 2.46. The van der Waals surface area contributed by atoms with Gasteiger partial charge in [-0.25, -0.2) is 4.39 Å². The second-order valence-corrected chi connectivity index (χ2v) is 5.93. The zero-order chi connectivity index (χ0) is 17.0. The molecule has 2 aromatic rings. The molecule has 2 aromatic carbocycles. The molecule has 6 heteroatoms. The van der Waals surface area contributed by atoms with E-state index >= 15 is 0 Å². The van der Waals surface area contributed by atoms with E-state index in [1.165, 1.54) is 12.1 Å². The lowest BCUT2D eigenvalue weighted by Gasteiger charge is -2.17. The Morgan fingerprint density at radius 3 is 2.17 bits per heavy atom. The molecule has 0 amide bonds. The number of rotatable bonds is 6. The summed E-state index contributed by atoms with van der Waals surface area (Å²) in [7, 11) is 3.20. The summed E-state index contributed by atoms with van der Waals surface area (Å²) in [4.78, 5) is 0. The Labute approximate surface area is 145 Å². The maximum absolute atomic E-state index is 13.6. The Kier molecular flexibility index (Phi) is 6.10. The number of nitrogens with one attached hydrogen (secondary N) is 1. The van der Waals surface area contributed by atoms with Gasteiger partial charge in [0.2, 0.25) is 0 Å². The van der Waals surface area contributed by atoms with Crippen molar-refractivity contribution in [3.63, 3.8) is 0 Å². The Morgan fingerprint density at radius 1 is 1.00 bits per heavy atom. The van der Waals surface area contributed by atoms with Crippen LogP contribution in [0, 0.1) is 5.82 Å². The third kappa shape index (κ3) is 4.50.